The number of carbonyl (C=O) groups is 1. The van der Waals surface area contributed by atoms with Crippen LogP contribution in [0.15, 0.2) is 54.6 Å². The van der Waals surface area contributed by atoms with Gasteiger partial charge < -0.3 is 19.7 Å². The number of rotatable bonds is 6. The zero-order valence-electron chi connectivity index (χ0n) is 15.2. The number of likely N-dealkylation sites (tertiary alicyclic amines) is 1. The van der Waals surface area contributed by atoms with Gasteiger partial charge in [-0.05, 0) is 30.5 Å². The molecule has 2 amide bonds. The first-order chi connectivity index (χ1) is 12.7. The fraction of sp³-hybridized carbons (Fsp3) is 0.381. The fourth-order valence-corrected chi connectivity index (χ4v) is 3.21. The molecule has 138 valence electrons. The van der Waals surface area contributed by atoms with Gasteiger partial charge in [-0.2, -0.15) is 0 Å². The number of anilines is 1. The Bertz CT molecular complexity index is 705. The summed E-state index contributed by atoms with van der Waals surface area (Å²) in [5, 5.41) is 2.96. The van der Waals surface area contributed by atoms with Crippen LogP contribution in [-0.2, 0) is 11.3 Å². The number of nitrogens with one attached hydrogen (secondary N) is 1. The Labute approximate surface area is 154 Å². The van der Waals surface area contributed by atoms with Crippen LogP contribution < -0.4 is 10.1 Å². The van der Waals surface area contributed by atoms with E-state index in [0.29, 0.717) is 19.1 Å². The van der Waals surface area contributed by atoms with Crippen LogP contribution >= 0.6 is 0 Å². The highest BCUT2D eigenvalue weighted by Crippen LogP contribution is 2.20. The zero-order chi connectivity index (χ0) is 18.2. The van der Waals surface area contributed by atoms with Crippen LogP contribution in [-0.4, -0.2) is 37.7 Å². The van der Waals surface area contributed by atoms with E-state index in [1.54, 1.807) is 7.11 Å². The molecule has 0 aliphatic carbocycles. The SMILES string of the molecule is COc1cccc(NC(=O)N2CCCC(COCc3ccccc3)C2)c1. The molecule has 0 spiro atoms. The lowest BCUT2D eigenvalue weighted by Crippen LogP contribution is -2.43. The first kappa shape index (κ1) is 18.3. The number of ether oxygens (including phenoxy) is 2. The molecular weight excluding hydrogens is 328 g/mol. The third-order valence-electron chi connectivity index (χ3n) is 4.59. The van der Waals surface area contributed by atoms with Crippen molar-refractivity contribution in [2.75, 3.05) is 32.1 Å². The molecule has 0 saturated carbocycles. The second kappa shape index (κ2) is 9.25. The monoisotopic (exact) mass is 354 g/mol. The normalized spacial score (nSPS) is 17.0. The zero-order valence-corrected chi connectivity index (χ0v) is 15.2. The maximum atomic E-state index is 12.5. The van der Waals surface area contributed by atoms with Crippen molar-refractivity contribution in [2.24, 2.45) is 5.92 Å². The van der Waals surface area contributed by atoms with Gasteiger partial charge in [0.05, 0.1) is 20.3 Å². The number of hydrogen-bond acceptors (Lipinski definition) is 3. The van der Waals surface area contributed by atoms with Crippen molar-refractivity contribution >= 4 is 11.7 Å². The molecule has 1 saturated heterocycles. The Morgan fingerprint density at radius 1 is 1.19 bits per heavy atom. The van der Waals surface area contributed by atoms with Gasteiger partial charge in [0.15, 0.2) is 0 Å². The van der Waals surface area contributed by atoms with E-state index in [1.165, 1.54) is 5.56 Å². The molecule has 1 heterocycles. The summed E-state index contributed by atoms with van der Waals surface area (Å²) in [5.41, 5.74) is 1.92. The van der Waals surface area contributed by atoms with Gasteiger partial charge in [-0.3, -0.25) is 0 Å². The van der Waals surface area contributed by atoms with Crippen molar-refractivity contribution in [3.8, 4) is 5.75 Å². The quantitative estimate of drug-likeness (QED) is 0.847. The molecule has 1 aliphatic heterocycles. The van der Waals surface area contributed by atoms with Gasteiger partial charge in [0.25, 0.3) is 0 Å². The summed E-state index contributed by atoms with van der Waals surface area (Å²) in [6.07, 6.45) is 2.10. The molecule has 2 aromatic carbocycles. The minimum absolute atomic E-state index is 0.0639. The number of amides is 2. The van der Waals surface area contributed by atoms with Gasteiger partial charge >= 0.3 is 6.03 Å². The Morgan fingerprint density at radius 2 is 2.04 bits per heavy atom. The second-order valence-electron chi connectivity index (χ2n) is 6.62. The van der Waals surface area contributed by atoms with Gasteiger partial charge in [0.2, 0.25) is 0 Å². The first-order valence-corrected chi connectivity index (χ1v) is 9.06. The Kier molecular flexibility index (Phi) is 6.50. The van der Waals surface area contributed by atoms with Gasteiger partial charge in [-0.25, -0.2) is 4.79 Å². The number of piperidine rings is 1. The van der Waals surface area contributed by atoms with Crippen molar-refractivity contribution in [3.05, 3.63) is 60.2 Å². The lowest BCUT2D eigenvalue weighted by Gasteiger charge is -2.32. The molecule has 2 aromatic rings. The van der Waals surface area contributed by atoms with E-state index in [4.69, 9.17) is 9.47 Å². The van der Waals surface area contributed by atoms with Crippen LogP contribution in [0.3, 0.4) is 0 Å². The summed E-state index contributed by atoms with van der Waals surface area (Å²) >= 11 is 0. The Balaban J connectivity index is 1.47. The maximum Gasteiger partial charge on any atom is 0.321 e. The van der Waals surface area contributed by atoms with Crippen molar-refractivity contribution in [3.63, 3.8) is 0 Å². The minimum Gasteiger partial charge on any atom is -0.497 e. The van der Waals surface area contributed by atoms with E-state index in [0.717, 1.165) is 37.4 Å². The molecular formula is C21H26N2O3. The minimum atomic E-state index is -0.0639. The molecule has 5 heteroatoms. The summed E-state index contributed by atoms with van der Waals surface area (Å²) in [7, 11) is 1.62. The lowest BCUT2D eigenvalue weighted by molar-refractivity contribution is 0.0606. The van der Waals surface area contributed by atoms with E-state index >= 15 is 0 Å². The van der Waals surface area contributed by atoms with Gasteiger partial charge in [-0.1, -0.05) is 36.4 Å². The second-order valence-corrected chi connectivity index (χ2v) is 6.62. The number of methoxy groups -OCH3 is 1. The topological polar surface area (TPSA) is 50.8 Å². The highest BCUT2D eigenvalue weighted by molar-refractivity contribution is 5.89. The summed E-state index contributed by atoms with van der Waals surface area (Å²) in [4.78, 5) is 14.4. The third-order valence-corrected chi connectivity index (χ3v) is 4.59. The molecule has 0 radical (unpaired) electrons. The Hall–Kier alpha value is -2.53. The molecule has 1 fully saturated rings. The number of hydrogen-bond donors (Lipinski definition) is 1. The van der Waals surface area contributed by atoms with Crippen molar-refractivity contribution in [2.45, 2.75) is 19.4 Å². The highest BCUT2D eigenvalue weighted by atomic mass is 16.5. The third kappa shape index (κ3) is 5.23. The molecule has 1 N–H and O–H groups in total. The van der Waals surface area contributed by atoms with Crippen LogP contribution in [0.1, 0.15) is 18.4 Å². The average Bonchev–Trinajstić information content (AvgIpc) is 2.69. The van der Waals surface area contributed by atoms with Crippen LogP contribution in [0.25, 0.3) is 0 Å². The van der Waals surface area contributed by atoms with Crippen LogP contribution in [0, 0.1) is 5.92 Å². The van der Waals surface area contributed by atoms with E-state index in [2.05, 4.69) is 17.4 Å². The van der Waals surface area contributed by atoms with E-state index in [9.17, 15) is 4.79 Å². The van der Waals surface area contributed by atoms with Crippen molar-refractivity contribution in [1.82, 2.24) is 4.90 Å². The molecule has 1 unspecified atom stereocenters. The molecule has 0 bridgehead atoms. The van der Waals surface area contributed by atoms with Gasteiger partial charge in [0, 0.05) is 30.8 Å². The van der Waals surface area contributed by atoms with Crippen molar-refractivity contribution < 1.29 is 14.3 Å². The molecule has 5 nitrogen and oxygen atoms in total. The molecule has 1 aliphatic rings. The predicted octanol–water partition coefficient (Wildman–Crippen LogP) is 4.16. The summed E-state index contributed by atoms with van der Waals surface area (Å²) < 4.78 is 11.1. The smallest absolute Gasteiger partial charge is 0.321 e. The van der Waals surface area contributed by atoms with Gasteiger partial charge in [-0.15, -0.1) is 0 Å². The summed E-state index contributed by atoms with van der Waals surface area (Å²) in [6, 6.07) is 17.5. The molecule has 0 aromatic heterocycles. The molecule has 3 rings (SSSR count). The number of carbonyl (C=O) groups excluding carboxylic acids is 1. The number of benzene rings is 2. The Morgan fingerprint density at radius 3 is 2.85 bits per heavy atom. The van der Waals surface area contributed by atoms with Crippen LogP contribution in [0.4, 0.5) is 10.5 Å². The summed E-state index contributed by atoms with van der Waals surface area (Å²) in [5.74, 6) is 1.11. The number of urea groups is 1. The number of nitrogens with zero attached hydrogens (tertiary/aromatic N) is 1. The fourth-order valence-electron chi connectivity index (χ4n) is 3.21. The van der Waals surface area contributed by atoms with E-state index in [-0.39, 0.29) is 6.03 Å². The standard InChI is InChI=1S/C21H26N2O3/c1-25-20-11-5-10-19(13-20)22-21(24)23-12-6-9-18(14-23)16-26-15-17-7-3-2-4-8-17/h2-5,7-8,10-11,13,18H,6,9,12,14-16H2,1H3,(H,22,24). The van der Waals surface area contributed by atoms with Crippen molar-refractivity contribution in [1.29, 1.82) is 0 Å². The molecule has 1 atom stereocenters. The van der Waals surface area contributed by atoms with E-state index < -0.39 is 0 Å². The average molecular weight is 354 g/mol. The molecule has 26 heavy (non-hydrogen) atoms. The lowest BCUT2D eigenvalue weighted by atomic mass is 9.99. The first-order valence-electron chi connectivity index (χ1n) is 9.06. The van der Waals surface area contributed by atoms with Crippen LogP contribution in [0.2, 0.25) is 0 Å². The summed E-state index contributed by atoms with van der Waals surface area (Å²) in [6.45, 7) is 2.81. The van der Waals surface area contributed by atoms with Gasteiger partial charge in [0.1, 0.15) is 5.75 Å². The van der Waals surface area contributed by atoms with E-state index in [1.807, 2.05) is 47.4 Å². The highest BCUT2D eigenvalue weighted by Gasteiger charge is 2.24. The maximum absolute atomic E-state index is 12.5. The predicted molar refractivity (Wildman–Crippen MR) is 102 cm³/mol. The largest absolute Gasteiger partial charge is 0.497 e. The van der Waals surface area contributed by atoms with Crippen LogP contribution in [0.5, 0.6) is 5.75 Å².